The number of ether oxygens (including phenoxy) is 2. The third kappa shape index (κ3) is 3.32. The standard InChI is InChI=1S/C40H24N4O2/c1-4-11-33-27(8-1)28-18-21-41-24-34(28)44(33)26-15-17-32-38(23-26)46-36-13-6-3-10-30(36)40(32)29-9-2-5-12-35(29)45-37-22-25(14-16-31(37)40)39-42-19-7-20-43-39/h1-24H. The van der Waals surface area contributed by atoms with Crippen molar-refractivity contribution in [3.8, 4) is 40.1 Å². The van der Waals surface area contributed by atoms with Crippen LogP contribution in [-0.4, -0.2) is 19.5 Å². The Morgan fingerprint density at radius 1 is 0.500 bits per heavy atom. The maximum Gasteiger partial charge on any atom is 0.159 e. The number of aromatic nitrogens is 4. The molecule has 0 radical (unpaired) electrons. The number of hydrogen-bond donors (Lipinski definition) is 0. The molecule has 216 valence electrons. The van der Waals surface area contributed by atoms with Crippen LogP contribution in [-0.2, 0) is 5.41 Å². The van der Waals surface area contributed by atoms with E-state index >= 15 is 0 Å². The van der Waals surface area contributed by atoms with E-state index < -0.39 is 5.41 Å². The third-order valence-electron chi connectivity index (χ3n) is 9.34. The van der Waals surface area contributed by atoms with Gasteiger partial charge in [0.05, 0.1) is 22.6 Å². The lowest BCUT2D eigenvalue weighted by Gasteiger charge is -2.45. The number of pyridine rings is 1. The highest BCUT2D eigenvalue weighted by molar-refractivity contribution is 6.08. The van der Waals surface area contributed by atoms with Gasteiger partial charge in [-0.05, 0) is 42.5 Å². The van der Waals surface area contributed by atoms with Gasteiger partial charge in [0.25, 0.3) is 0 Å². The molecular weight excluding hydrogens is 568 g/mol. The lowest BCUT2D eigenvalue weighted by Crippen LogP contribution is -2.36. The molecule has 1 unspecified atom stereocenters. The highest BCUT2D eigenvalue weighted by atomic mass is 16.5. The minimum absolute atomic E-state index is 0.653. The van der Waals surface area contributed by atoms with Crippen molar-refractivity contribution >= 4 is 21.8 Å². The van der Waals surface area contributed by atoms with Gasteiger partial charge in [-0.15, -0.1) is 0 Å². The maximum absolute atomic E-state index is 6.80. The highest BCUT2D eigenvalue weighted by Gasteiger charge is 2.50. The molecule has 0 aliphatic carbocycles. The third-order valence-corrected chi connectivity index (χ3v) is 9.34. The zero-order valence-corrected chi connectivity index (χ0v) is 24.5. The van der Waals surface area contributed by atoms with E-state index in [4.69, 9.17) is 9.47 Å². The molecule has 2 aliphatic heterocycles. The first-order valence-electron chi connectivity index (χ1n) is 15.3. The van der Waals surface area contributed by atoms with Crippen LogP contribution in [0.3, 0.4) is 0 Å². The van der Waals surface area contributed by atoms with Crippen LogP contribution >= 0.6 is 0 Å². The molecule has 1 atom stereocenters. The summed E-state index contributed by atoms with van der Waals surface area (Å²) in [6, 6.07) is 41.9. The van der Waals surface area contributed by atoms with E-state index in [2.05, 4.69) is 117 Å². The van der Waals surface area contributed by atoms with Gasteiger partial charge in [0.15, 0.2) is 5.82 Å². The van der Waals surface area contributed by atoms with Crippen molar-refractivity contribution in [3.63, 3.8) is 0 Å². The van der Waals surface area contributed by atoms with Crippen molar-refractivity contribution < 1.29 is 9.47 Å². The van der Waals surface area contributed by atoms with Gasteiger partial charge in [0, 0.05) is 68.9 Å². The molecule has 46 heavy (non-hydrogen) atoms. The predicted molar refractivity (Wildman–Crippen MR) is 178 cm³/mol. The second-order valence-corrected chi connectivity index (χ2v) is 11.7. The van der Waals surface area contributed by atoms with Gasteiger partial charge in [-0.25, -0.2) is 9.97 Å². The second-order valence-electron chi connectivity index (χ2n) is 11.7. The van der Waals surface area contributed by atoms with Crippen LogP contribution in [0.4, 0.5) is 0 Å². The molecule has 3 aromatic heterocycles. The molecule has 5 heterocycles. The molecule has 0 amide bonds. The molecule has 0 fully saturated rings. The maximum atomic E-state index is 6.80. The SMILES string of the molecule is c1cnc(-c2ccc3c(c2)Oc2ccccc2C32c3ccccc3Oc3cc(-n4c5ccccc5c5ccncc54)ccc32)nc1. The summed E-state index contributed by atoms with van der Waals surface area (Å²) in [7, 11) is 0. The van der Waals surface area contributed by atoms with Gasteiger partial charge < -0.3 is 14.0 Å². The zero-order chi connectivity index (χ0) is 30.2. The van der Waals surface area contributed by atoms with Gasteiger partial charge in [0.2, 0.25) is 0 Å². The first-order chi connectivity index (χ1) is 22.8. The van der Waals surface area contributed by atoms with Crippen molar-refractivity contribution in [1.82, 2.24) is 19.5 Å². The minimum atomic E-state index is -0.689. The number of rotatable bonds is 2. The van der Waals surface area contributed by atoms with Gasteiger partial charge >= 0.3 is 0 Å². The van der Waals surface area contributed by atoms with Crippen LogP contribution < -0.4 is 9.47 Å². The summed E-state index contributed by atoms with van der Waals surface area (Å²) in [6.45, 7) is 0. The summed E-state index contributed by atoms with van der Waals surface area (Å²) >= 11 is 0. The molecule has 10 rings (SSSR count). The summed E-state index contributed by atoms with van der Waals surface area (Å²) < 4.78 is 15.7. The Hall–Kier alpha value is -6.27. The van der Waals surface area contributed by atoms with Crippen molar-refractivity contribution in [1.29, 1.82) is 0 Å². The average molecular weight is 593 g/mol. The molecule has 0 bridgehead atoms. The van der Waals surface area contributed by atoms with E-state index in [1.54, 1.807) is 12.4 Å². The van der Waals surface area contributed by atoms with E-state index in [-0.39, 0.29) is 0 Å². The normalized spacial score (nSPS) is 15.8. The van der Waals surface area contributed by atoms with Crippen LogP contribution in [0.1, 0.15) is 22.3 Å². The van der Waals surface area contributed by atoms with Gasteiger partial charge in [-0.1, -0.05) is 72.8 Å². The Labute approximate surface area is 264 Å². The van der Waals surface area contributed by atoms with Crippen LogP contribution in [0.15, 0.2) is 146 Å². The zero-order valence-electron chi connectivity index (χ0n) is 24.5. The molecular formula is C40H24N4O2. The van der Waals surface area contributed by atoms with Crippen LogP contribution in [0.5, 0.6) is 23.0 Å². The summed E-state index contributed by atoms with van der Waals surface area (Å²) in [6.07, 6.45) is 7.31. The average Bonchev–Trinajstić information content (AvgIpc) is 3.46. The molecule has 5 aromatic carbocycles. The molecule has 8 aromatic rings. The molecule has 6 nitrogen and oxygen atoms in total. The highest BCUT2D eigenvalue weighted by Crippen LogP contribution is 2.61. The van der Waals surface area contributed by atoms with Crippen LogP contribution in [0, 0.1) is 0 Å². The number of benzene rings is 5. The fraction of sp³-hybridized carbons (Fsp3) is 0.0250. The number of fused-ring (bicyclic) bond motifs is 11. The summed E-state index contributed by atoms with van der Waals surface area (Å²) in [5.41, 5.74) is 7.60. The van der Waals surface area contributed by atoms with Gasteiger partial charge in [-0.3, -0.25) is 4.98 Å². The molecule has 1 spiro atoms. The number of para-hydroxylation sites is 3. The summed E-state index contributed by atoms with van der Waals surface area (Å²) in [4.78, 5) is 13.5. The van der Waals surface area contributed by atoms with E-state index in [0.717, 1.165) is 72.9 Å². The van der Waals surface area contributed by atoms with E-state index in [0.29, 0.717) is 5.82 Å². The largest absolute Gasteiger partial charge is 0.457 e. The Morgan fingerprint density at radius 2 is 1.13 bits per heavy atom. The van der Waals surface area contributed by atoms with Gasteiger partial charge in [0.1, 0.15) is 23.0 Å². The van der Waals surface area contributed by atoms with Crippen LogP contribution in [0.2, 0.25) is 0 Å². The number of hydrogen-bond acceptors (Lipinski definition) is 5. The molecule has 0 saturated carbocycles. The molecule has 0 saturated heterocycles. The Balaban J connectivity index is 1.27. The first kappa shape index (κ1) is 25.1. The fourth-order valence-electron chi connectivity index (χ4n) is 7.48. The fourth-order valence-corrected chi connectivity index (χ4v) is 7.48. The van der Waals surface area contributed by atoms with Crippen molar-refractivity contribution in [2.75, 3.05) is 0 Å². The summed E-state index contributed by atoms with van der Waals surface area (Å²) in [5, 5.41) is 2.35. The Morgan fingerprint density at radius 3 is 1.91 bits per heavy atom. The molecule has 2 aliphatic rings. The second kappa shape index (κ2) is 9.36. The monoisotopic (exact) mass is 592 g/mol. The minimum Gasteiger partial charge on any atom is -0.457 e. The van der Waals surface area contributed by atoms with E-state index in [1.165, 1.54) is 5.39 Å². The quantitative estimate of drug-likeness (QED) is 0.200. The Bertz CT molecular complexity index is 2440. The van der Waals surface area contributed by atoms with E-state index in [1.807, 2.05) is 36.7 Å². The van der Waals surface area contributed by atoms with Crippen molar-refractivity contribution in [2.45, 2.75) is 5.41 Å². The van der Waals surface area contributed by atoms with Crippen molar-refractivity contribution in [2.24, 2.45) is 0 Å². The van der Waals surface area contributed by atoms with Crippen molar-refractivity contribution in [3.05, 3.63) is 168 Å². The van der Waals surface area contributed by atoms with Crippen LogP contribution in [0.25, 0.3) is 38.9 Å². The Kier molecular flexibility index (Phi) is 5.11. The predicted octanol–water partition coefficient (Wildman–Crippen LogP) is 9.23. The molecule has 6 heteroatoms. The smallest absolute Gasteiger partial charge is 0.159 e. The lowest BCUT2D eigenvalue weighted by molar-refractivity contribution is 0.399. The van der Waals surface area contributed by atoms with Gasteiger partial charge in [-0.2, -0.15) is 0 Å². The van der Waals surface area contributed by atoms with E-state index in [9.17, 15) is 0 Å². The topological polar surface area (TPSA) is 62.1 Å². The number of nitrogens with zero attached hydrogens (tertiary/aromatic N) is 4. The first-order valence-corrected chi connectivity index (χ1v) is 15.3. The summed E-state index contributed by atoms with van der Waals surface area (Å²) in [5.74, 6) is 3.84. The molecule has 0 N–H and O–H groups in total. The lowest BCUT2D eigenvalue weighted by atomic mass is 9.62.